The first-order valence-electron chi connectivity index (χ1n) is 7.24. The van der Waals surface area contributed by atoms with Gasteiger partial charge >= 0.3 is 0 Å². The zero-order valence-electron chi connectivity index (χ0n) is 12.3. The predicted octanol–water partition coefficient (Wildman–Crippen LogP) is 3.14. The van der Waals surface area contributed by atoms with Crippen LogP contribution in [0.2, 0.25) is 0 Å². The van der Waals surface area contributed by atoms with Gasteiger partial charge in [-0.05, 0) is 50.6 Å². The Morgan fingerprint density at radius 1 is 1.25 bits per heavy atom. The second kappa shape index (κ2) is 7.16. The largest absolute Gasteiger partial charge is 0.493 e. The Hall–Kier alpha value is -1.73. The lowest BCUT2D eigenvalue weighted by Crippen LogP contribution is -2.33. The summed E-state index contributed by atoms with van der Waals surface area (Å²) in [5.41, 5.74) is 0.985. The van der Waals surface area contributed by atoms with Gasteiger partial charge in [0.1, 0.15) is 6.04 Å². The smallest absolute Gasteiger partial charge is 0.161 e. The van der Waals surface area contributed by atoms with Crippen LogP contribution in [-0.4, -0.2) is 31.7 Å². The van der Waals surface area contributed by atoms with Crippen LogP contribution in [0.4, 0.5) is 0 Å². The predicted molar refractivity (Wildman–Crippen MR) is 77.9 cm³/mol. The normalized spacial score (nSPS) is 17.2. The Balaban J connectivity index is 2.25. The summed E-state index contributed by atoms with van der Waals surface area (Å²) in [6.45, 7) is 4.52. The Morgan fingerprint density at radius 2 is 2.00 bits per heavy atom. The number of nitrogens with zero attached hydrogens (tertiary/aromatic N) is 2. The summed E-state index contributed by atoms with van der Waals surface area (Å²) < 4.78 is 10.9. The molecule has 0 aliphatic carbocycles. The first-order valence-corrected chi connectivity index (χ1v) is 7.24. The first kappa shape index (κ1) is 14.7. The van der Waals surface area contributed by atoms with Crippen LogP contribution in [0.1, 0.15) is 37.8 Å². The van der Waals surface area contributed by atoms with E-state index in [-0.39, 0.29) is 6.04 Å². The van der Waals surface area contributed by atoms with Gasteiger partial charge in [0.05, 0.1) is 19.8 Å². The molecule has 1 aromatic rings. The molecule has 0 spiro atoms. The van der Waals surface area contributed by atoms with Crippen LogP contribution in [0.3, 0.4) is 0 Å². The maximum atomic E-state index is 9.52. The zero-order valence-corrected chi connectivity index (χ0v) is 12.3. The second-order valence-electron chi connectivity index (χ2n) is 4.97. The van der Waals surface area contributed by atoms with Gasteiger partial charge in [-0.1, -0.05) is 12.5 Å². The second-order valence-corrected chi connectivity index (χ2v) is 4.97. The van der Waals surface area contributed by atoms with Gasteiger partial charge in [0.25, 0.3) is 0 Å². The van der Waals surface area contributed by atoms with Gasteiger partial charge in [-0.2, -0.15) is 5.26 Å². The van der Waals surface area contributed by atoms with E-state index in [4.69, 9.17) is 9.47 Å². The molecule has 0 bridgehead atoms. The van der Waals surface area contributed by atoms with Crippen molar-refractivity contribution in [2.24, 2.45) is 0 Å². The molecule has 1 atom stereocenters. The molecule has 4 nitrogen and oxygen atoms in total. The molecule has 2 rings (SSSR count). The molecule has 4 heteroatoms. The molecule has 1 aliphatic heterocycles. The molecule has 0 aromatic heterocycles. The zero-order chi connectivity index (χ0) is 14.4. The quantitative estimate of drug-likeness (QED) is 0.827. The summed E-state index contributed by atoms with van der Waals surface area (Å²) in [5, 5.41) is 9.52. The number of rotatable bonds is 5. The van der Waals surface area contributed by atoms with E-state index >= 15 is 0 Å². The minimum Gasteiger partial charge on any atom is -0.493 e. The number of likely N-dealkylation sites (tertiary alicyclic amines) is 1. The molecular weight excluding hydrogens is 252 g/mol. The van der Waals surface area contributed by atoms with Crippen molar-refractivity contribution in [2.45, 2.75) is 32.2 Å². The topological polar surface area (TPSA) is 45.5 Å². The molecule has 20 heavy (non-hydrogen) atoms. The molecule has 0 saturated carbocycles. The molecule has 1 aliphatic rings. The average Bonchev–Trinajstić information content (AvgIpc) is 2.50. The van der Waals surface area contributed by atoms with Gasteiger partial charge in [-0.15, -0.1) is 0 Å². The molecule has 1 saturated heterocycles. The minimum absolute atomic E-state index is 0.194. The fourth-order valence-electron chi connectivity index (χ4n) is 2.68. The van der Waals surface area contributed by atoms with Crippen LogP contribution in [0, 0.1) is 11.3 Å². The molecule has 0 N–H and O–H groups in total. The monoisotopic (exact) mass is 274 g/mol. The van der Waals surface area contributed by atoms with Gasteiger partial charge in [0.15, 0.2) is 11.5 Å². The fraction of sp³-hybridized carbons (Fsp3) is 0.562. The molecule has 0 unspecified atom stereocenters. The van der Waals surface area contributed by atoms with Crippen LogP contribution in [0.25, 0.3) is 0 Å². The van der Waals surface area contributed by atoms with Crippen molar-refractivity contribution in [2.75, 3.05) is 26.8 Å². The van der Waals surface area contributed by atoms with E-state index < -0.39 is 0 Å². The van der Waals surface area contributed by atoms with Crippen LogP contribution < -0.4 is 9.47 Å². The number of methoxy groups -OCH3 is 1. The lowest BCUT2D eigenvalue weighted by Gasteiger charge is -2.30. The molecular formula is C16H22N2O2. The summed E-state index contributed by atoms with van der Waals surface area (Å²) in [6, 6.07) is 8.01. The number of ether oxygens (including phenoxy) is 2. The van der Waals surface area contributed by atoms with Crippen LogP contribution >= 0.6 is 0 Å². The third-order valence-corrected chi connectivity index (χ3v) is 3.68. The van der Waals surface area contributed by atoms with Gasteiger partial charge in [-0.3, -0.25) is 4.90 Å². The summed E-state index contributed by atoms with van der Waals surface area (Å²) in [6.07, 6.45) is 3.61. The van der Waals surface area contributed by atoms with E-state index in [1.54, 1.807) is 7.11 Å². The highest BCUT2D eigenvalue weighted by atomic mass is 16.5. The van der Waals surface area contributed by atoms with Crippen LogP contribution in [0.5, 0.6) is 11.5 Å². The molecule has 1 heterocycles. The van der Waals surface area contributed by atoms with Crippen molar-refractivity contribution in [3.05, 3.63) is 23.8 Å². The van der Waals surface area contributed by atoms with Crippen molar-refractivity contribution < 1.29 is 9.47 Å². The van der Waals surface area contributed by atoms with Gasteiger partial charge < -0.3 is 9.47 Å². The third kappa shape index (κ3) is 3.23. The average molecular weight is 274 g/mol. The van der Waals surface area contributed by atoms with E-state index in [2.05, 4.69) is 11.0 Å². The van der Waals surface area contributed by atoms with Crippen LogP contribution in [-0.2, 0) is 0 Å². The highest BCUT2D eigenvalue weighted by Crippen LogP contribution is 2.32. The summed E-state index contributed by atoms with van der Waals surface area (Å²) in [5.74, 6) is 1.43. The number of hydrogen-bond acceptors (Lipinski definition) is 4. The van der Waals surface area contributed by atoms with Crippen molar-refractivity contribution >= 4 is 0 Å². The number of benzene rings is 1. The molecule has 1 fully saturated rings. The number of hydrogen-bond donors (Lipinski definition) is 0. The maximum absolute atomic E-state index is 9.52. The van der Waals surface area contributed by atoms with Crippen molar-refractivity contribution in [1.29, 1.82) is 5.26 Å². The molecule has 0 radical (unpaired) electrons. The van der Waals surface area contributed by atoms with E-state index in [0.29, 0.717) is 18.1 Å². The van der Waals surface area contributed by atoms with Crippen molar-refractivity contribution in [1.82, 2.24) is 4.90 Å². The van der Waals surface area contributed by atoms with E-state index in [9.17, 15) is 5.26 Å². The summed E-state index contributed by atoms with van der Waals surface area (Å²) >= 11 is 0. The lowest BCUT2D eigenvalue weighted by molar-refractivity contribution is 0.195. The number of piperidine rings is 1. The third-order valence-electron chi connectivity index (χ3n) is 3.68. The van der Waals surface area contributed by atoms with Crippen LogP contribution in [0.15, 0.2) is 18.2 Å². The van der Waals surface area contributed by atoms with Crippen molar-refractivity contribution in [3.63, 3.8) is 0 Å². The lowest BCUT2D eigenvalue weighted by atomic mass is 10.0. The Morgan fingerprint density at radius 3 is 2.60 bits per heavy atom. The minimum atomic E-state index is -0.194. The highest BCUT2D eigenvalue weighted by Gasteiger charge is 2.23. The highest BCUT2D eigenvalue weighted by molar-refractivity contribution is 5.44. The molecule has 108 valence electrons. The Bertz CT molecular complexity index is 476. The Kier molecular flexibility index (Phi) is 5.25. The van der Waals surface area contributed by atoms with E-state index in [0.717, 1.165) is 18.7 Å². The SMILES string of the molecule is CCOc1cc([C@H](C#N)N2CCCCC2)ccc1OC. The first-order chi connectivity index (χ1) is 9.80. The van der Waals surface area contributed by atoms with E-state index in [1.807, 2.05) is 25.1 Å². The standard InChI is InChI=1S/C16H22N2O2/c1-3-20-16-11-13(7-8-15(16)19-2)14(12-17)18-9-5-4-6-10-18/h7-8,11,14H,3-6,9-10H2,1-2H3/t14-/m0/s1. The van der Waals surface area contributed by atoms with Gasteiger partial charge in [0, 0.05) is 0 Å². The van der Waals surface area contributed by atoms with Gasteiger partial charge in [-0.25, -0.2) is 0 Å². The summed E-state index contributed by atoms with van der Waals surface area (Å²) in [7, 11) is 1.63. The summed E-state index contributed by atoms with van der Waals surface area (Å²) in [4.78, 5) is 2.25. The molecule has 1 aromatic carbocycles. The molecule has 0 amide bonds. The van der Waals surface area contributed by atoms with Gasteiger partial charge in [0.2, 0.25) is 0 Å². The fourth-order valence-corrected chi connectivity index (χ4v) is 2.68. The Labute approximate surface area is 120 Å². The maximum Gasteiger partial charge on any atom is 0.161 e. The van der Waals surface area contributed by atoms with E-state index in [1.165, 1.54) is 19.3 Å². The van der Waals surface area contributed by atoms with Crippen molar-refractivity contribution in [3.8, 4) is 17.6 Å². The number of nitriles is 1.